The van der Waals surface area contributed by atoms with Gasteiger partial charge in [0.25, 0.3) is 0 Å². The molecule has 1 aromatic heterocycles. The van der Waals surface area contributed by atoms with E-state index < -0.39 is 75.7 Å². The Morgan fingerprint density at radius 3 is 2.39 bits per heavy atom. The minimum absolute atomic E-state index is 0.0487. The zero-order valence-corrected chi connectivity index (χ0v) is 33.1. The summed E-state index contributed by atoms with van der Waals surface area (Å²) in [5.74, 6) is 2.05. The highest BCUT2D eigenvalue weighted by molar-refractivity contribution is 7.57. The largest absolute Gasteiger partial charge is 0.422 e. The fourth-order valence-electron chi connectivity index (χ4n) is 5.51. The van der Waals surface area contributed by atoms with Crippen LogP contribution in [-0.4, -0.2) is 91.4 Å². The lowest BCUT2D eigenvalue weighted by Gasteiger charge is -2.30. The Kier molecular flexibility index (Phi) is 15.7. The number of nitrogens with zero attached hydrogens (tertiary/aromatic N) is 6. The van der Waals surface area contributed by atoms with Crippen molar-refractivity contribution in [1.29, 1.82) is 0 Å². The van der Waals surface area contributed by atoms with Crippen LogP contribution in [0.4, 0.5) is 10.6 Å². The molecule has 0 saturated carbocycles. The average molecular weight is 835 g/mol. The van der Waals surface area contributed by atoms with E-state index in [-0.39, 0.29) is 31.2 Å². The van der Waals surface area contributed by atoms with E-state index in [0.29, 0.717) is 5.70 Å². The van der Waals surface area contributed by atoms with Crippen LogP contribution in [0.15, 0.2) is 100 Å². The molecule has 21 nitrogen and oxygen atoms in total. The van der Waals surface area contributed by atoms with Crippen LogP contribution in [0, 0.1) is 0 Å². The molecule has 3 amide bonds. The van der Waals surface area contributed by atoms with E-state index in [1.807, 2.05) is 0 Å². The Hall–Kier alpha value is -4.91. The molecule has 0 spiro atoms. The maximum Gasteiger partial charge on any atom is 0.400 e. The van der Waals surface area contributed by atoms with Gasteiger partial charge in [-0.05, 0) is 62.2 Å². The summed E-state index contributed by atoms with van der Waals surface area (Å²) < 4.78 is 52.5. The lowest BCUT2D eigenvalue weighted by molar-refractivity contribution is -0.114. The number of hydrogen-bond acceptors (Lipinski definition) is 14. The highest BCUT2D eigenvalue weighted by atomic mass is 31.2. The number of ether oxygens (including phenoxy) is 2. The molecule has 8 atom stereocenters. The lowest BCUT2D eigenvalue weighted by atomic mass is 10.1. The van der Waals surface area contributed by atoms with Crippen molar-refractivity contribution in [3.05, 3.63) is 111 Å². The second-order valence-corrected chi connectivity index (χ2v) is 15.9. The van der Waals surface area contributed by atoms with Crippen molar-refractivity contribution in [2.75, 3.05) is 18.5 Å². The summed E-state index contributed by atoms with van der Waals surface area (Å²) in [6.07, 6.45) is -0.953. The van der Waals surface area contributed by atoms with Crippen LogP contribution >= 0.6 is 15.2 Å². The van der Waals surface area contributed by atoms with Gasteiger partial charge in [0.15, 0.2) is 6.23 Å². The molecule has 23 heteroatoms. The number of para-hydroxylation sites is 1. The Morgan fingerprint density at radius 1 is 1.11 bits per heavy atom. The van der Waals surface area contributed by atoms with E-state index in [1.165, 1.54) is 36.2 Å². The molecular formula is C34H44N8O13P2. The van der Waals surface area contributed by atoms with Crippen molar-refractivity contribution in [2.24, 2.45) is 5.11 Å². The van der Waals surface area contributed by atoms with E-state index in [9.17, 15) is 38.6 Å². The molecule has 8 unspecified atom stereocenters. The van der Waals surface area contributed by atoms with Crippen molar-refractivity contribution >= 4 is 32.9 Å². The van der Waals surface area contributed by atoms with Gasteiger partial charge in [0.1, 0.15) is 36.1 Å². The second-order valence-electron chi connectivity index (χ2n) is 12.4. The zero-order chi connectivity index (χ0) is 41.9. The Morgan fingerprint density at radius 2 is 1.77 bits per heavy atom. The van der Waals surface area contributed by atoms with Gasteiger partial charge in [-0.3, -0.25) is 18.8 Å². The first-order chi connectivity index (χ1) is 27.0. The van der Waals surface area contributed by atoms with Crippen molar-refractivity contribution in [3.8, 4) is 5.75 Å². The van der Waals surface area contributed by atoms with Gasteiger partial charge in [0, 0.05) is 48.0 Å². The predicted molar refractivity (Wildman–Crippen MR) is 204 cm³/mol. The van der Waals surface area contributed by atoms with Gasteiger partial charge in [0.2, 0.25) is 5.91 Å². The highest BCUT2D eigenvalue weighted by Crippen LogP contribution is 2.50. The third-order valence-corrected chi connectivity index (χ3v) is 10.9. The van der Waals surface area contributed by atoms with E-state index in [0.717, 1.165) is 21.8 Å². The first-order valence-corrected chi connectivity index (χ1v) is 20.6. The summed E-state index contributed by atoms with van der Waals surface area (Å²) in [6.45, 7) is 10.4. The number of aromatic nitrogens is 2. The van der Waals surface area contributed by atoms with Crippen LogP contribution < -0.4 is 20.8 Å². The highest BCUT2D eigenvalue weighted by Gasteiger charge is 2.44. The minimum atomic E-state index is -4.11. The van der Waals surface area contributed by atoms with Gasteiger partial charge in [-0.15, -0.1) is 0 Å². The molecule has 5 N–H and O–H groups in total. The fraction of sp³-hybridized carbons (Fsp3) is 0.412. The van der Waals surface area contributed by atoms with Crippen molar-refractivity contribution < 1.29 is 56.9 Å². The van der Waals surface area contributed by atoms with Crippen LogP contribution in [-0.2, 0) is 32.4 Å². The number of anilines is 1. The summed E-state index contributed by atoms with van der Waals surface area (Å²) in [6, 6.07) is 8.49. The number of amides is 3. The molecule has 3 aliphatic rings. The number of rotatable bonds is 14. The zero-order valence-electron chi connectivity index (χ0n) is 31.3. The maximum atomic E-state index is 12.5. The van der Waals surface area contributed by atoms with E-state index in [4.69, 9.17) is 28.6 Å². The molecule has 2 fully saturated rings. The quantitative estimate of drug-likeness (QED) is 0.0753. The van der Waals surface area contributed by atoms with Gasteiger partial charge in [-0.25, -0.2) is 14.2 Å². The van der Waals surface area contributed by atoms with E-state index in [1.54, 1.807) is 57.3 Å². The molecular weight excluding hydrogens is 790 g/mol. The predicted octanol–water partition coefficient (Wildman–Crippen LogP) is 4.60. The summed E-state index contributed by atoms with van der Waals surface area (Å²) in [5, 5.41) is 29.2. The Labute approximate surface area is 326 Å². The standard InChI is InChI=1S/C18H20N5O5P.C16H24N3O8P/c1-12-11-23(18(24)20-13(12)2)17-10-15(21-22-19)16(27-17)8-9-29(25,26)28-14-6-4-3-5-7-14;1-4-25-28(24,26-5-2)9-7-11-13(21)14(22)15(27-11)19-8-6-12(17-10(3)20)18-16(19)23/h3-9,11,15-17H,2,10H2,1H3,(H,20,24)(H,25,26);6-9,11,13-15,21-22H,4-5H2,1-3H3,(H,17,18,20,23). The van der Waals surface area contributed by atoms with Crippen molar-refractivity contribution in [3.63, 3.8) is 0 Å². The molecule has 2 saturated heterocycles. The number of carbonyl (C=O) groups is 2. The third kappa shape index (κ3) is 12.3. The van der Waals surface area contributed by atoms with Crippen LogP contribution in [0.2, 0.25) is 0 Å². The maximum absolute atomic E-state index is 12.5. The number of carbonyl (C=O) groups excluding carboxylic acids is 2. The van der Waals surface area contributed by atoms with Gasteiger partial charge in [0.05, 0.1) is 25.4 Å². The van der Waals surface area contributed by atoms with E-state index >= 15 is 0 Å². The van der Waals surface area contributed by atoms with Crippen LogP contribution in [0.1, 0.15) is 40.3 Å². The van der Waals surface area contributed by atoms with Crippen molar-refractivity contribution in [2.45, 2.75) is 77.0 Å². The number of benzene rings is 1. The third-order valence-electron chi connectivity index (χ3n) is 8.15. The van der Waals surface area contributed by atoms with Crippen LogP contribution in [0.25, 0.3) is 10.4 Å². The fourth-order valence-corrected chi connectivity index (χ4v) is 7.73. The van der Waals surface area contributed by atoms with Gasteiger partial charge in [-0.1, -0.05) is 29.9 Å². The number of aliphatic hydroxyl groups is 2. The van der Waals surface area contributed by atoms with Gasteiger partial charge in [-0.2, -0.15) is 4.98 Å². The molecule has 0 bridgehead atoms. The Bertz CT molecular complexity index is 2060. The summed E-state index contributed by atoms with van der Waals surface area (Å²) >= 11 is 0. The first kappa shape index (κ1) is 44.8. The number of nitrogens with one attached hydrogen (secondary N) is 2. The minimum Gasteiger partial charge on any atom is -0.422 e. The first-order valence-electron chi connectivity index (χ1n) is 17.4. The molecule has 2 aromatic rings. The molecule has 0 aliphatic carbocycles. The molecule has 3 aliphatic heterocycles. The summed E-state index contributed by atoms with van der Waals surface area (Å²) in [7, 11) is -7.62. The van der Waals surface area contributed by atoms with Gasteiger partial charge >= 0.3 is 26.9 Å². The van der Waals surface area contributed by atoms with Crippen molar-refractivity contribution in [1.82, 2.24) is 19.8 Å². The Balaban J connectivity index is 0.000000253. The molecule has 1 aromatic carbocycles. The normalized spacial score (nSPS) is 25.9. The topological polar surface area (TPSA) is 286 Å². The summed E-state index contributed by atoms with van der Waals surface area (Å²) in [4.78, 5) is 53.3. The number of aliphatic hydroxyl groups excluding tert-OH is 2. The summed E-state index contributed by atoms with van der Waals surface area (Å²) in [5.41, 5.74) is 9.28. The van der Waals surface area contributed by atoms with Crippen LogP contribution in [0.3, 0.4) is 0 Å². The van der Waals surface area contributed by atoms with Gasteiger partial charge < -0.3 is 48.8 Å². The number of hydrogen-bond donors (Lipinski definition) is 5. The molecule has 57 heavy (non-hydrogen) atoms. The smallest absolute Gasteiger partial charge is 0.400 e. The number of azide groups is 1. The molecule has 5 rings (SSSR count). The monoisotopic (exact) mass is 834 g/mol. The van der Waals surface area contributed by atoms with Crippen LogP contribution in [0.5, 0.6) is 5.75 Å². The SMILES string of the molecule is C=C1NC(=O)N(C2CC(N=[N+]=[N-])C(C=CP(=O)(O)Oc3ccccc3)O2)C=C1C.CCOP(=O)(C=CC1OC(n2ccc(NC(C)=O)nc2=O)C(O)C1O)OCC. The average Bonchev–Trinajstić information content (AvgIpc) is 3.67. The number of allylic oxidation sites excluding steroid dienone is 1. The molecule has 0 radical (unpaired) electrons. The second kappa shape index (κ2) is 20.0. The van der Waals surface area contributed by atoms with E-state index in [2.05, 4.69) is 32.2 Å². The molecule has 4 heterocycles. The lowest BCUT2D eigenvalue weighted by Crippen LogP contribution is -2.45. The number of urea groups is 1. The molecule has 308 valence electrons.